The molecule has 1 N–H and O–H groups in total. The summed E-state index contributed by atoms with van der Waals surface area (Å²) in [5, 5.41) is 9.62. The van der Waals surface area contributed by atoms with Crippen LogP contribution < -0.4 is 0 Å². The quantitative estimate of drug-likeness (QED) is 0.554. The summed E-state index contributed by atoms with van der Waals surface area (Å²) in [5.41, 5.74) is 0.222. The smallest absolute Gasteiger partial charge is 0.322 e. The van der Waals surface area contributed by atoms with Gasteiger partial charge >= 0.3 is 5.97 Å². The van der Waals surface area contributed by atoms with Crippen molar-refractivity contribution < 1.29 is 27.8 Å². The molecule has 5 rings (SSSR count). The van der Waals surface area contributed by atoms with Crippen LogP contribution in [0.2, 0.25) is 0 Å². The summed E-state index contributed by atoms with van der Waals surface area (Å²) in [4.78, 5) is 11.8. The van der Waals surface area contributed by atoms with E-state index in [1.165, 1.54) is 4.31 Å². The van der Waals surface area contributed by atoms with E-state index in [2.05, 4.69) is 46.8 Å². The zero-order valence-corrected chi connectivity index (χ0v) is 23.0. The molecule has 2 saturated carbocycles. The Bertz CT molecular complexity index is 1100. The van der Waals surface area contributed by atoms with Gasteiger partial charge in [0.1, 0.15) is 6.04 Å². The molecule has 2 saturated heterocycles. The summed E-state index contributed by atoms with van der Waals surface area (Å²) in [5.74, 6) is -0.493. The highest BCUT2D eigenvalue weighted by Gasteiger charge is 2.72. The van der Waals surface area contributed by atoms with Gasteiger partial charge in [-0.1, -0.05) is 65.0 Å². The number of fused-ring (bicyclic) bond motifs is 5. The molecule has 8 heteroatoms. The van der Waals surface area contributed by atoms with E-state index >= 15 is 0 Å². The Morgan fingerprint density at radius 1 is 1.22 bits per heavy atom. The summed E-state index contributed by atoms with van der Waals surface area (Å²) >= 11 is 0. The molecule has 4 aliphatic rings. The third-order valence-electron chi connectivity index (χ3n) is 9.79. The van der Waals surface area contributed by atoms with Crippen LogP contribution in [0.25, 0.3) is 0 Å². The van der Waals surface area contributed by atoms with Crippen LogP contribution in [0.3, 0.4) is 0 Å². The number of nitrogens with zero attached hydrogens (tertiary/aromatic N) is 1. The maximum absolute atomic E-state index is 13.7. The number of carboxylic acid groups (broad SMARTS) is 1. The SMILES string of the molecule is CC(C)(C)C(OC1CC2C3CCC(CS(=O)(=O)N4CCC[C@H]4C(=O)O)(C2O1)C3(C)C)c1ccccc1. The Hall–Kier alpha value is -1.48. The second kappa shape index (κ2) is 8.79. The van der Waals surface area contributed by atoms with Crippen LogP contribution in [0.1, 0.15) is 78.4 Å². The lowest BCUT2D eigenvalue weighted by molar-refractivity contribution is -0.205. The van der Waals surface area contributed by atoms with Crippen molar-refractivity contribution >= 4 is 16.0 Å². The largest absolute Gasteiger partial charge is 0.480 e. The number of aliphatic carboxylic acids is 1. The van der Waals surface area contributed by atoms with Gasteiger partial charge in [-0.3, -0.25) is 4.79 Å². The average Bonchev–Trinajstić information content (AvgIpc) is 3.52. The molecule has 2 heterocycles. The van der Waals surface area contributed by atoms with E-state index in [1.807, 2.05) is 18.2 Å². The van der Waals surface area contributed by atoms with Gasteiger partial charge in [-0.2, -0.15) is 4.31 Å². The van der Waals surface area contributed by atoms with Crippen LogP contribution >= 0.6 is 0 Å². The van der Waals surface area contributed by atoms with Crippen molar-refractivity contribution in [2.24, 2.45) is 28.1 Å². The van der Waals surface area contributed by atoms with Crippen LogP contribution in [0, 0.1) is 28.1 Å². The van der Waals surface area contributed by atoms with Gasteiger partial charge in [0.25, 0.3) is 0 Å². The molecule has 2 aliphatic heterocycles. The van der Waals surface area contributed by atoms with Crippen molar-refractivity contribution in [3.63, 3.8) is 0 Å². The highest BCUT2D eigenvalue weighted by Crippen LogP contribution is 2.72. The molecule has 4 fully saturated rings. The number of carbonyl (C=O) groups is 1. The monoisotopic (exact) mass is 519 g/mol. The van der Waals surface area contributed by atoms with E-state index in [0.717, 1.165) is 24.8 Å². The fourth-order valence-corrected chi connectivity index (χ4v) is 10.5. The lowest BCUT2D eigenvalue weighted by atomic mass is 9.69. The Balaban J connectivity index is 1.40. The fourth-order valence-electron chi connectivity index (χ4n) is 8.02. The van der Waals surface area contributed by atoms with E-state index in [-0.39, 0.29) is 47.5 Å². The van der Waals surface area contributed by atoms with Gasteiger partial charge < -0.3 is 14.6 Å². The van der Waals surface area contributed by atoms with E-state index in [0.29, 0.717) is 18.8 Å². The van der Waals surface area contributed by atoms with Crippen molar-refractivity contribution in [1.29, 1.82) is 0 Å². The Labute approximate surface area is 215 Å². The van der Waals surface area contributed by atoms with Gasteiger partial charge in [-0.05, 0) is 53.9 Å². The lowest BCUT2D eigenvalue weighted by Crippen LogP contribution is -2.51. The third kappa shape index (κ3) is 4.03. The molecule has 0 amide bonds. The molecular weight excluding hydrogens is 478 g/mol. The van der Waals surface area contributed by atoms with Gasteiger partial charge in [0.05, 0.1) is 18.0 Å². The molecule has 0 radical (unpaired) electrons. The first-order valence-electron chi connectivity index (χ1n) is 13.4. The van der Waals surface area contributed by atoms with Gasteiger partial charge in [-0.15, -0.1) is 0 Å². The first-order valence-corrected chi connectivity index (χ1v) is 15.0. The molecule has 1 aromatic carbocycles. The van der Waals surface area contributed by atoms with Crippen LogP contribution in [0.5, 0.6) is 0 Å². The van der Waals surface area contributed by atoms with E-state index in [1.54, 1.807) is 0 Å². The van der Waals surface area contributed by atoms with E-state index < -0.39 is 27.4 Å². The maximum Gasteiger partial charge on any atom is 0.322 e. The first-order chi connectivity index (χ1) is 16.8. The highest BCUT2D eigenvalue weighted by molar-refractivity contribution is 7.89. The number of ether oxygens (including phenoxy) is 2. The Morgan fingerprint density at radius 2 is 1.92 bits per heavy atom. The van der Waals surface area contributed by atoms with Crippen molar-refractivity contribution in [3.05, 3.63) is 35.9 Å². The highest BCUT2D eigenvalue weighted by atomic mass is 32.2. The van der Waals surface area contributed by atoms with Gasteiger partial charge in [-0.25, -0.2) is 8.42 Å². The molecule has 200 valence electrons. The Kier molecular flexibility index (Phi) is 6.38. The predicted octanol–water partition coefficient (Wildman–Crippen LogP) is 4.84. The standard InChI is InChI=1S/C28H41NO6S/c1-26(2,3)23(18-10-7-6-8-11-18)34-22-16-19-20-13-14-28(24(19)35-22,27(20,4)5)17-36(32,33)29-15-9-12-21(29)25(30)31/h6-8,10-11,19-24H,9,12-17H2,1-5H3,(H,30,31)/t19?,20?,21-,22?,23?,24?,28?/m0/s1. The summed E-state index contributed by atoms with van der Waals surface area (Å²) in [6.45, 7) is 11.2. The van der Waals surface area contributed by atoms with Crippen LogP contribution in [0.4, 0.5) is 0 Å². The van der Waals surface area contributed by atoms with Crippen molar-refractivity contribution in [3.8, 4) is 0 Å². The average molecular weight is 520 g/mol. The van der Waals surface area contributed by atoms with Crippen molar-refractivity contribution in [1.82, 2.24) is 4.31 Å². The molecule has 1 aromatic rings. The molecule has 0 aromatic heterocycles. The molecule has 2 bridgehead atoms. The van der Waals surface area contributed by atoms with Crippen molar-refractivity contribution in [2.75, 3.05) is 12.3 Å². The minimum absolute atomic E-state index is 0.0530. The number of rotatable bonds is 7. The number of sulfonamides is 1. The third-order valence-corrected chi connectivity index (χ3v) is 11.8. The van der Waals surface area contributed by atoms with Crippen LogP contribution in [-0.2, 0) is 24.3 Å². The summed E-state index contributed by atoms with van der Waals surface area (Å²) < 4.78 is 42.0. The summed E-state index contributed by atoms with van der Waals surface area (Å²) in [7, 11) is -3.77. The zero-order chi connectivity index (χ0) is 26.1. The van der Waals surface area contributed by atoms with Gasteiger partial charge in [0.2, 0.25) is 10.0 Å². The van der Waals surface area contributed by atoms with E-state index in [9.17, 15) is 18.3 Å². The summed E-state index contributed by atoms with van der Waals surface area (Å²) in [6, 6.07) is 9.25. The second-order valence-electron chi connectivity index (χ2n) is 13.1. The Morgan fingerprint density at radius 3 is 2.56 bits per heavy atom. The summed E-state index contributed by atoms with van der Waals surface area (Å²) in [6.07, 6.45) is 2.75. The topological polar surface area (TPSA) is 93.1 Å². The van der Waals surface area contributed by atoms with Crippen molar-refractivity contribution in [2.45, 2.75) is 91.3 Å². The normalized spacial score (nSPS) is 36.8. The molecular formula is C28H41NO6S. The number of hydrogen-bond donors (Lipinski definition) is 1. The molecule has 7 nitrogen and oxygen atoms in total. The number of carboxylic acids is 1. The number of benzene rings is 1. The minimum atomic E-state index is -3.77. The van der Waals surface area contributed by atoms with Gasteiger partial charge in [0, 0.05) is 18.4 Å². The predicted molar refractivity (Wildman–Crippen MR) is 137 cm³/mol. The number of hydrogen-bond acceptors (Lipinski definition) is 5. The van der Waals surface area contributed by atoms with Gasteiger partial charge in [0.15, 0.2) is 6.29 Å². The second-order valence-corrected chi connectivity index (χ2v) is 15.0. The molecule has 6 unspecified atom stereocenters. The lowest BCUT2D eigenvalue weighted by Gasteiger charge is -2.43. The molecule has 36 heavy (non-hydrogen) atoms. The first kappa shape index (κ1) is 26.1. The minimum Gasteiger partial charge on any atom is -0.480 e. The maximum atomic E-state index is 13.7. The molecule has 7 atom stereocenters. The van der Waals surface area contributed by atoms with E-state index in [4.69, 9.17) is 9.47 Å². The van der Waals surface area contributed by atoms with Crippen LogP contribution in [-0.4, -0.2) is 54.5 Å². The van der Waals surface area contributed by atoms with Crippen LogP contribution in [0.15, 0.2) is 30.3 Å². The molecule has 0 spiro atoms. The zero-order valence-electron chi connectivity index (χ0n) is 22.1. The fraction of sp³-hybridized carbons (Fsp3) is 0.750. The molecule has 2 aliphatic carbocycles.